The van der Waals surface area contributed by atoms with E-state index < -0.39 is 0 Å². The lowest BCUT2D eigenvalue weighted by Gasteiger charge is -2.34. The number of thiazole rings is 1. The average Bonchev–Trinajstić information content (AvgIpc) is 3.07. The maximum Gasteiger partial charge on any atom is 0.114 e. The number of hydrogen-bond acceptors (Lipinski definition) is 5. The van der Waals surface area contributed by atoms with E-state index in [1.54, 1.807) is 18.4 Å². The summed E-state index contributed by atoms with van der Waals surface area (Å²) in [5.74, 6) is 0. The Morgan fingerprint density at radius 3 is 3.33 bits per heavy atom. The van der Waals surface area contributed by atoms with Crippen LogP contribution in [0.2, 0.25) is 0 Å². The molecule has 0 aliphatic carbocycles. The molecule has 1 aromatic heterocycles. The van der Waals surface area contributed by atoms with Crippen LogP contribution in [0.1, 0.15) is 24.3 Å². The van der Waals surface area contributed by atoms with Crippen LogP contribution in [0.5, 0.6) is 0 Å². The molecule has 4 nitrogen and oxygen atoms in total. The van der Waals surface area contributed by atoms with Gasteiger partial charge >= 0.3 is 0 Å². The van der Waals surface area contributed by atoms with Gasteiger partial charge in [0.05, 0.1) is 12.1 Å². The highest BCUT2D eigenvalue weighted by atomic mass is 32.1. The Morgan fingerprint density at radius 1 is 1.61 bits per heavy atom. The lowest BCUT2D eigenvalue weighted by Crippen LogP contribution is -2.51. The highest BCUT2D eigenvalue weighted by Crippen LogP contribution is 2.43. The minimum atomic E-state index is 0.0726. The molecule has 3 rings (SSSR count). The van der Waals surface area contributed by atoms with Gasteiger partial charge in [-0.25, -0.2) is 4.98 Å². The van der Waals surface area contributed by atoms with Crippen molar-refractivity contribution in [1.82, 2.24) is 15.2 Å². The number of ether oxygens (including phenoxy) is 1. The standard InChI is InChI=1S/C13H21N3OS/c1-17-9-5-15-13(12-14-6-10-18-12)4-8-16-7-2-3-11(13)16/h6,10-11,15H,2-5,7-9H2,1H3. The summed E-state index contributed by atoms with van der Waals surface area (Å²) in [6, 6.07) is 0.625. The summed E-state index contributed by atoms with van der Waals surface area (Å²) >= 11 is 1.78. The summed E-state index contributed by atoms with van der Waals surface area (Å²) in [4.78, 5) is 7.22. The van der Waals surface area contributed by atoms with E-state index in [9.17, 15) is 0 Å². The van der Waals surface area contributed by atoms with Gasteiger partial charge in [-0.2, -0.15) is 0 Å². The molecule has 0 bridgehead atoms. The highest BCUT2D eigenvalue weighted by Gasteiger charge is 2.51. The first-order chi connectivity index (χ1) is 8.87. The fourth-order valence-electron chi connectivity index (χ4n) is 3.49. The molecule has 2 saturated heterocycles. The van der Waals surface area contributed by atoms with Crippen molar-refractivity contribution in [3.05, 3.63) is 16.6 Å². The third kappa shape index (κ3) is 1.99. The number of methoxy groups -OCH3 is 1. The zero-order valence-corrected chi connectivity index (χ0v) is 11.7. The quantitative estimate of drug-likeness (QED) is 0.819. The molecule has 2 aliphatic rings. The van der Waals surface area contributed by atoms with Crippen molar-refractivity contribution in [2.24, 2.45) is 0 Å². The molecule has 2 unspecified atom stereocenters. The predicted octanol–water partition coefficient (Wildman–Crippen LogP) is 1.44. The van der Waals surface area contributed by atoms with Gasteiger partial charge in [-0.1, -0.05) is 0 Å². The second-order valence-corrected chi connectivity index (χ2v) is 6.07. The lowest BCUT2D eigenvalue weighted by molar-refractivity contribution is 0.168. The van der Waals surface area contributed by atoms with Crippen LogP contribution in [0.15, 0.2) is 11.6 Å². The summed E-state index contributed by atoms with van der Waals surface area (Å²) in [6.07, 6.45) is 5.72. The number of nitrogens with one attached hydrogen (secondary N) is 1. The number of rotatable bonds is 5. The predicted molar refractivity (Wildman–Crippen MR) is 72.9 cm³/mol. The van der Waals surface area contributed by atoms with E-state index in [4.69, 9.17) is 4.74 Å². The number of nitrogens with zero attached hydrogens (tertiary/aromatic N) is 2. The topological polar surface area (TPSA) is 37.4 Å². The van der Waals surface area contributed by atoms with Crippen molar-refractivity contribution in [2.45, 2.75) is 30.8 Å². The Bertz CT molecular complexity index is 384. The maximum absolute atomic E-state index is 5.18. The van der Waals surface area contributed by atoms with Gasteiger partial charge < -0.3 is 10.1 Å². The largest absolute Gasteiger partial charge is 0.383 e. The molecule has 18 heavy (non-hydrogen) atoms. The summed E-state index contributed by atoms with van der Waals surface area (Å²) in [6.45, 7) is 4.12. The Hall–Kier alpha value is -0.490. The van der Waals surface area contributed by atoms with Crippen LogP contribution >= 0.6 is 11.3 Å². The van der Waals surface area contributed by atoms with Gasteiger partial charge in [0.1, 0.15) is 5.01 Å². The van der Waals surface area contributed by atoms with E-state index >= 15 is 0 Å². The van der Waals surface area contributed by atoms with E-state index in [1.807, 2.05) is 6.20 Å². The van der Waals surface area contributed by atoms with Crippen LogP contribution in [0.3, 0.4) is 0 Å². The monoisotopic (exact) mass is 267 g/mol. The molecule has 0 saturated carbocycles. The molecule has 3 heterocycles. The van der Waals surface area contributed by atoms with E-state index in [1.165, 1.54) is 37.4 Å². The Kier molecular flexibility index (Phi) is 3.66. The van der Waals surface area contributed by atoms with E-state index in [-0.39, 0.29) is 5.54 Å². The van der Waals surface area contributed by atoms with Gasteiger partial charge in [0.25, 0.3) is 0 Å². The Morgan fingerprint density at radius 2 is 2.56 bits per heavy atom. The molecule has 100 valence electrons. The minimum Gasteiger partial charge on any atom is -0.383 e. The van der Waals surface area contributed by atoms with E-state index in [0.717, 1.165) is 13.2 Å². The van der Waals surface area contributed by atoms with Crippen molar-refractivity contribution in [2.75, 3.05) is 33.4 Å². The normalized spacial score (nSPS) is 31.9. The van der Waals surface area contributed by atoms with Crippen molar-refractivity contribution in [3.8, 4) is 0 Å². The van der Waals surface area contributed by atoms with Crippen LogP contribution in [-0.2, 0) is 10.3 Å². The van der Waals surface area contributed by atoms with Gasteiger partial charge in [0.15, 0.2) is 0 Å². The van der Waals surface area contributed by atoms with Gasteiger partial charge in [0.2, 0.25) is 0 Å². The van der Waals surface area contributed by atoms with Gasteiger partial charge in [-0.3, -0.25) is 4.90 Å². The molecule has 5 heteroatoms. The second-order valence-electron chi connectivity index (χ2n) is 5.17. The van der Waals surface area contributed by atoms with Gasteiger partial charge in [-0.05, 0) is 25.8 Å². The molecule has 1 aromatic rings. The van der Waals surface area contributed by atoms with E-state index in [2.05, 4.69) is 20.6 Å². The van der Waals surface area contributed by atoms with Gasteiger partial charge in [0, 0.05) is 37.8 Å². The summed E-state index contributed by atoms with van der Waals surface area (Å²) < 4.78 is 5.18. The Labute approximate surface area is 112 Å². The van der Waals surface area contributed by atoms with Crippen molar-refractivity contribution >= 4 is 11.3 Å². The van der Waals surface area contributed by atoms with Crippen LogP contribution in [0.25, 0.3) is 0 Å². The van der Waals surface area contributed by atoms with Crippen LogP contribution < -0.4 is 5.32 Å². The first kappa shape index (κ1) is 12.5. The SMILES string of the molecule is COCCNC1(c2nccs2)CCN2CCCC21. The smallest absolute Gasteiger partial charge is 0.114 e. The first-order valence-electron chi connectivity index (χ1n) is 6.75. The molecule has 1 N–H and O–H groups in total. The maximum atomic E-state index is 5.18. The van der Waals surface area contributed by atoms with Crippen LogP contribution in [-0.4, -0.2) is 49.3 Å². The lowest BCUT2D eigenvalue weighted by atomic mass is 9.89. The number of aromatic nitrogens is 1. The molecular weight excluding hydrogens is 246 g/mol. The van der Waals surface area contributed by atoms with Crippen LogP contribution in [0, 0.1) is 0 Å². The molecule has 2 atom stereocenters. The second kappa shape index (κ2) is 5.25. The van der Waals surface area contributed by atoms with Crippen LogP contribution in [0.4, 0.5) is 0 Å². The molecule has 0 spiro atoms. The Balaban J connectivity index is 1.84. The zero-order chi connectivity index (χ0) is 12.4. The van der Waals surface area contributed by atoms with Crippen molar-refractivity contribution in [3.63, 3.8) is 0 Å². The third-order valence-electron chi connectivity index (χ3n) is 4.29. The van der Waals surface area contributed by atoms with E-state index in [0.29, 0.717) is 6.04 Å². The number of fused-ring (bicyclic) bond motifs is 1. The van der Waals surface area contributed by atoms with Gasteiger partial charge in [-0.15, -0.1) is 11.3 Å². The van der Waals surface area contributed by atoms with Crippen molar-refractivity contribution in [1.29, 1.82) is 0 Å². The fourth-order valence-corrected chi connectivity index (χ4v) is 4.38. The number of hydrogen-bond donors (Lipinski definition) is 1. The summed E-state index contributed by atoms with van der Waals surface area (Å²) in [5.41, 5.74) is 0.0726. The summed E-state index contributed by atoms with van der Waals surface area (Å²) in [7, 11) is 1.76. The average molecular weight is 267 g/mol. The van der Waals surface area contributed by atoms with Crippen molar-refractivity contribution < 1.29 is 4.74 Å². The molecular formula is C13H21N3OS. The first-order valence-corrected chi connectivity index (χ1v) is 7.63. The molecule has 0 radical (unpaired) electrons. The molecule has 0 aromatic carbocycles. The molecule has 2 fully saturated rings. The third-order valence-corrected chi connectivity index (χ3v) is 5.24. The zero-order valence-electron chi connectivity index (χ0n) is 10.9. The molecule has 2 aliphatic heterocycles. The minimum absolute atomic E-state index is 0.0726. The summed E-state index contributed by atoms with van der Waals surface area (Å²) in [5, 5.41) is 7.10. The highest BCUT2D eigenvalue weighted by molar-refractivity contribution is 7.09. The molecule has 0 amide bonds. The fraction of sp³-hybridized carbons (Fsp3) is 0.769.